The van der Waals surface area contributed by atoms with Gasteiger partial charge in [0.2, 0.25) is 0 Å². The summed E-state index contributed by atoms with van der Waals surface area (Å²) in [6, 6.07) is 4.91. The van der Waals surface area contributed by atoms with Crippen molar-refractivity contribution in [1.82, 2.24) is 4.57 Å². The molecule has 0 saturated heterocycles. The smallest absolute Gasteiger partial charge is 0.408 e. The van der Waals surface area contributed by atoms with Crippen molar-refractivity contribution in [3.8, 4) is 0 Å². The minimum atomic E-state index is -0.537. The minimum absolute atomic E-state index is 0.0109. The lowest BCUT2D eigenvalue weighted by Gasteiger charge is -2.16. The maximum atomic E-state index is 12.0. The molecule has 0 atom stereocenters. The van der Waals surface area contributed by atoms with Crippen molar-refractivity contribution in [2.45, 2.75) is 27.3 Å². The van der Waals surface area contributed by atoms with Gasteiger partial charge in [-0.05, 0) is 12.1 Å². The molecule has 1 heterocycles. The number of aromatic nitrogens is 1. The van der Waals surface area contributed by atoms with Crippen LogP contribution >= 0.6 is 11.6 Å². The van der Waals surface area contributed by atoms with Crippen LogP contribution in [0.5, 0.6) is 0 Å². The van der Waals surface area contributed by atoms with Crippen LogP contribution in [-0.4, -0.2) is 10.4 Å². The molecule has 18 heavy (non-hydrogen) atoms. The third-order valence-corrected chi connectivity index (χ3v) is 3.00. The largest absolute Gasteiger partial charge is 0.420 e. The molecule has 0 aliphatic heterocycles. The summed E-state index contributed by atoms with van der Waals surface area (Å²) in [4.78, 5) is 23.7. The number of ketones is 1. The highest BCUT2D eigenvalue weighted by Gasteiger charge is 2.23. The van der Waals surface area contributed by atoms with Crippen LogP contribution in [0.2, 0.25) is 5.02 Å². The van der Waals surface area contributed by atoms with Crippen LogP contribution in [0.25, 0.3) is 11.1 Å². The van der Waals surface area contributed by atoms with Crippen molar-refractivity contribution in [3.05, 3.63) is 33.8 Å². The summed E-state index contributed by atoms with van der Waals surface area (Å²) in [5.41, 5.74) is 0.492. The first kappa shape index (κ1) is 12.9. The third kappa shape index (κ3) is 2.34. The Hall–Kier alpha value is -1.55. The van der Waals surface area contributed by atoms with Crippen LogP contribution in [0.15, 0.2) is 27.4 Å². The lowest BCUT2D eigenvalue weighted by Crippen LogP contribution is -2.28. The van der Waals surface area contributed by atoms with E-state index in [4.69, 9.17) is 16.0 Å². The van der Waals surface area contributed by atoms with Crippen molar-refractivity contribution in [2.75, 3.05) is 0 Å². The first-order chi connectivity index (χ1) is 8.29. The van der Waals surface area contributed by atoms with Gasteiger partial charge in [0.15, 0.2) is 11.4 Å². The molecule has 0 amide bonds. The van der Waals surface area contributed by atoms with Crippen LogP contribution in [0.1, 0.15) is 20.8 Å². The highest BCUT2D eigenvalue weighted by molar-refractivity contribution is 6.31. The summed E-state index contributed by atoms with van der Waals surface area (Å²) in [6.07, 6.45) is 0. The van der Waals surface area contributed by atoms with Gasteiger partial charge in [0.1, 0.15) is 0 Å². The Morgan fingerprint density at radius 1 is 1.39 bits per heavy atom. The molecule has 0 bridgehead atoms. The van der Waals surface area contributed by atoms with Gasteiger partial charge in [0, 0.05) is 16.5 Å². The Morgan fingerprint density at radius 3 is 2.67 bits per heavy atom. The number of rotatable bonds is 2. The van der Waals surface area contributed by atoms with Gasteiger partial charge < -0.3 is 4.42 Å². The van der Waals surface area contributed by atoms with E-state index in [1.807, 2.05) is 20.8 Å². The van der Waals surface area contributed by atoms with Crippen molar-refractivity contribution < 1.29 is 9.21 Å². The van der Waals surface area contributed by atoms with Crippen LogP contribution < -0.4 is 5.76 Å². The number of hydrogen-bond donors (Lipinski definition) is 0. The lowest BCUT2D eigenvalue weighted by atomic mass is 9.91. The van der Waals surface area contributed by atoms with Crippen molar-refractivity contribution in [2.24, 2.45) is 5.41 Å². The van der Waals surface area contributed by atoms with Gasteiger partial charge >= 0.3 is 5.76 Å². The zero-order chi connectivity index (χ0) is 13.5. The summed E-state index contributed by atoms with van der Waals surface area (Å²) in [5.74, 6) is -0.563. The summed E-state index contributed by atoms with van der Waals surface area (Å²) < 4.78 is 6.40. The first-order valence-corrected chi connectivity index (χ1v) is 5.99. The summed E-state index contributed by atoms with van der Waals surface area (Å²) in [7, 11) is 0. The molecule has 0 fully saturated rings. The SMILES string of the molecule is CC(C)(C)C(=O)Cn1c(=O)oc2cc(Cl)ccc21. The second-order valence-electron chi connectivity index (χ2n) is 5.24. The topological polar surface area (TPSA) is 52.2 Å². The van der Waals surface area contributed by atoms with Gasteiger partial charge in [-0.25, -0.2) is 4.79 Å². The zero-order valence-electron chi connectivity index (χ0n) is 10.5. The zero-order valence-corrected chi connectivity index (χ0v) is 11.2. The summed E-state index contributed by atoms with van der Waals surface area (Å²) in [5, 5.41) is 0.491. The molecule has 2 aromatic rings. The molecule has 0 aliphatic rings. The van der Waals surface area contributed by atoms with E-state index < -0.39 is 11.2 Å². The normalized spacial score (nSPS) is 12.0. The predicted molar refractivity (Wildman–Crippen MR) is 69.9 cm³/mol. The van der Waals surface area contributed by atoms with E-state index in [1.165, 1.54) is 4.57 Å². The second-order valence-corrected chi connectivity index (χ2v) is 5.68. The molecular weight excluding hydrogens is 254 g/mol. The van der Waals surface area contributed by atoms with Gasteiger partial charge in [-0.1, -0.05) is 32.4 Å². The number of oxazole rings is 1. The lowest BCUT2D eigenvalue weighted by molar-refractivity contribution is -0.126. The third-order valence-electron chi connectivity index (χ3n) is 2.77. The van der Waals surface area contributed by atoms with Gasteiger partial charge in [-0.15, -0.1) is 0 Å². The number of halogens is 1. The van der Waals surface area contributed by atoms with Crippen LogP contribution in [0.3, 0.4) is 0 Å². The highest BCUT2D eigenvalue weighted by Crippen LogP contribution is 2.20. The Balaban J connectivity index is 2.49. The van der Waals surface area contributed by atoms with E-state index in [-0.39, 0.29) is 12.3 Å². The molecule has 2 rings (SSSR count). The second kappa shape index (κ2) is 4.28. The molecule has 5 heteroatoms. The Labute approximate surface area is 109 Å². The van der Waals surface area contributed by atoms with E-state index in [1.54, 1.807) is 18.2 Å². The maximum absolute atomic E-state index is 12.0. The van der Waals surface area contributed by atoms with E-state index in [9.17, 15) is 9.59 Å². The number of Topliss-reactive ketones (excluding diaryl/α,β-unsaturated/α-hetero) is 1. The molecule has 0 N–H and O–H groups in total. The Bertz CT molecular complexity index is 661. The van der Waals surface area contributed by atoms with E-state index in [0.29, 0.717) is 16.1 Å². The van der Waals surface area contributed by atoms with E-state index in [0.717, 1.165) is 0 Å². The van der Waals surface area contributed by atoms with Crippen molar-refractivity contribution in [1.29, 1.82) is 0 Å². The molecule has 0 aliphatic carbocycles. The fourth-order valence-electron chi connectivity index (χ4n) is 1.57. The molecular formula is C13H14ClNO3. The highest BCUT2D eigenvalue weighted by atomic mass is 35.5. The van der Waals surface area contributed by atoms with Gasteiger partial charge in [0.25, 0.3) is 0 Å². The van der Waals surface area contributed by atoms with Crippen molar-refractivity contribution >= 4 is 28.5 Å². The fourth-order valence-corrected chi connectivity index (χ4v) is 1.73. The van der Waals surface area contributed by atoms with Gasteiger partial charge in [-0.3, -0.25) is 9.36 Å². The molecule has 1 aromatic carbocycles. The fraction of sp³-hybridized carbons (Fsp3) is 0.385. The average molecular weight is 268 g/mol. The van der Waals surface area contributed by atoms with Gasteiger partial charge in [0.05, 0.1) is 12.1 Å². The summed E-state index contributed by atoms with van der Waals surface area (Å²) in [6.45, 7) is 5.47. The number of fused-ring (bicyclic) bond motifs is 1. The Morgan fingerprint density at radius 2 is 2.06 bits per heavy atom. The van der Waals surface area contributed by atoms with Crippen LogP contribution in [0, 0.1) is 5.41 Å². The molecule has 0 spiro atoms. The number of hydrogen-bond acceptors (Lipinski definition) is 3. The summed E-state index contributed by atoms with van der Waals surface area (Å²) >= 11 is 5.82. The van der Waals surface area contributed by atoms with Crippen LogP contribution in [-0.2, 0) is 11.3 Å². The number of benzene rings is 1. The average Bonchev–Trinajstić information content (AvgIpc) is 2.53. The standard InChI is InChI=1S/C13H14ClNO3/c1-13(2,3)11(16)7-15-9-5-4-8(14)6-10(9)18-12(15)17/h4-6H,7H2,1-3H3. The van der Waals surface area contributed by atoms with Crippen LogP contribution in [0.4, 0.5) is 0 Å². The molecule has 1 aromatic heterocycles. The molecule has 0 saturated carbocycles. The number of carbonyl (C=O) groups is 1. The van der Waals surface area contributed by atoms with E-state index in [2.05, 4.69) is 0 Å². The monoisotopic (exact) mass is 267 g/mol. The van der Waals surface area contributed by atoms with Crippen molar-refractivity contribution in [3.63, 3.8) is 0 Å². The molecule has 96 valence electrons. The minimum Gasteiger partial charge on any atom is -0.408 e. The van der Waals surface area contributed by atoms with E-state index >= 15 is 0 Å². The predicted octanol–water partition coefficient (Wildman–Crippen LogP) is 2.86. The molecule has 4 nitrogen and oxygen atoms in total. The molecule has 0 radical (unpaired) electrons. The van der Waals surface area contributed by atoms with Gasteiger partial charge in [-0.2, -0.15) is 0 Å². The Kier molecular flexibility index (Phi) is 3.07. The molecule has 0 unspecified atom stereocenters. The number of nitrogens with zero attached hydrogens (tertiary/aromatic N) is 1. The quantitative estimate of drug-likeness (QED) is 0.841. The first-order valence-electron chi connectivity index (χ1n) is 5.61. The maximum Gasteiger partial charge on any atom is 0.420 e. The number of carbonyl (C=O) groups excluding carboxylic acids is 1.